The van der Waals surface area contributed by atoms with Crippen LogP contribution < -0.4 is 5.32 Å². The molecule has 0 saturated heterocycles. The zero-order valence-electron chi connectivity index (χ0n) is 12.0. The third-order valence-electron chi connectivity index (χ3n) is 3.25. The zero-order valence-corrected chi connectivity index (χ0v) is 12.9. The molecule has 1 rings (SSSR count). The lowest BCUT2D eigenvalue weighted by atomic mass is 10.1. The second-order valence-corrected chi connectivity index (χ2v) is 5.80. The molecule has 1 unspecified atom stereocenters. The van der Waals surface area contributed by atoms with E-state index in [1.54, 1.807) is 0 Å². The van der Waals surface area contributed by atoms with E-state index < -0.39 is 0 Å². The summed E-state index contributed by atoms with van der Waals surface area (Å²) < 4.78 is 0. The monoisotopic (exact) mass is 265 g/mol. The van der Waals surface area contributed by atoms with Gasteiger partial charge in [-0.3, -0.25) is 0 Å². The largest absolute Gasteiger partial charge is 0.382 e. The molecule has 2 heteroatoms. The van der Waals surface area contributed by atoms with E-state index in [0.29, 0.717) is 6.04 Å². The van der Waals surface area contributed by atoms with Crippen molar-refractivity contribution in [3.05, 3.63) is 24.3 Å². The predicted octanol–water partition coefficient (Wildman–Crippen LogP) is 5.57. The van der Waals surface area contributed by atoms with Gasteiger partial charge in [-0.2, -0.15) is 0 Å². The third kappa shape index (κ3) is 5.81. The summed E-state index contributed by atoms with van der Waals surface area (Å²) in [7, 11) is 0. The summed E-state index contributed by atoms with van der Waals surface area (Å²) in [5, 5.41) is 3.63. The highest BCUT2D eigenvalue weighted by molar-refractivity contribution is 7.98. The SMILES string of the molecule is CCCCCCCC(C)Nc1ccccc1SC. The second-order valence-electron chi connectivity index (χ2n) is 4.95. The fourth-order valence-corrected chi connectivity index (χ4v) is 2.72. The van der Waals surface area contributed by atoms with Crippen LogP contribution in [0.4, 0.5) is 5.69 Å². The average molecular weight is 265 g/mol. The number of rotatable bonds is 9. The van der Waals surface area contributed by atoms with Crippen LogP contribution in [-0.4, -0.2) is 12.3 Å². The summed E-state index contributed by atoms with van der Waals surface area (Å²) in [5.41, 5.74) is 1.28. The third-order valence-corrected chi connectivity index (χ3v) is 4.05. The number of benzene rings is 1. The Hall–Kier alpha value is -0.630. The highest BCUT2D eigenvalue weighted by Gasteiger charge is 2.05. The summed E-state index contributed by atoms with van der Waals surface area (Å²) in [6.45, 7) is 4.56. The maximum atomic E-state index is 3.63. The molecule has 1 N–H and O–H groups in total. The Morgan fingerprint density at radius 2 is 1.83 bits per heavy atom. The molecular formula is C16H27NS. The Bertz CT molecular complexity index is 325. The van der Waals surface area contributed by atoms with Crippen LogP contribution in [0.15, 0.2) is 29.2 Å². The molecule has 0 bridgehead atoms. The van der Waals surface area contributed by atoms with E-state index in [-0.39, 0.29) is 0 Å². The molecule has 0 aliphatic rings. The first-order valence-corrected chi connectivity index (χ1v) is 8.40. The van der Waals surface area contributed by atoms with Crippen LogP contribution in [0, 0.1) is 0 Å². The Kier molecular flexibility index (Phi) is 7.99. The first-order valence-electron chi connectivity index (χ1n) is 7.17. The van der Waals surface area contributed by atoms with E-state index in [0.717, 1.165) is 0 Å². The molecule has 0 aliphatic heterocycles. The lowest BCUT2D eigenvalue weighted by molar-refractivity contribution is 0.578. The van der Waals surface area contributed by atoms with Gasteiger partial charge >= 0.3 is 0 Å². The van der Waals surface area contributed by atoms with Gasteiger partial charge in [-0.1, -0.05) is 51.2 Å². The summed E-state index contributed by atoms with van der Waals surface area (Å²) in [6.07, 6.45) is 10.2. The van der Waals surface area contributed by atoms with Crippen molar-refractivity contribution < 1.29 is 0 Å². The number of nitrogens with one attached hydrogen (secondary N) is 1. The molecule has 18 heavy (non-hydrogen) atoms. The van der Waals surface area contributed by atoms with E-state index in [1.165, 1.54) is 49.1 Å². The molecule has 102 valence electrons. The summed E-state index contributed by atoms with van der Waals surface area (Å²) in [4.78, 5) is 1.34. The van der Waals surface area contributed by atoms with Crippen LogP contribution in [0.2, 0.25) is 0 Å². The molecule has 0 aromatic heterocycles. The van der Waals surface area contributed by atoms with Gasteiger partial charge in [-0.05, 0) is 31.7 Å². The van der Waals surface area contributed by atoms with Crippen molar-refractivity contribution >= 4 is 17.4 Å². The van der Waals surface area contributed by atoms with E-state index in [2.05, 4.69) is 49.7 Å². The molecule has 0 spiro atoms. The standard InChI is InChI=1S/C16H27NS/c1-4-5-6-7-8-11-14(2)17-15-12-9-10-13-16(15)18-3/h9-10,12-14,17H,4-8,11H2,1-3H3. The highest BCUT2D eigenvalue weighted by Crippen LogP contribution is 2.25. The van der Waals surface area contributed by atoms with Crippen molar-refractivity contribution in [2.75, 3.05) is 11.6 Å². The van der Waals surface area contributed by atoms with Gasteiger partial charge in [-0.15, -0.1) is 11.8 Å². The molecule has 0 heterocycles. The minimum Gasteiger partial charge on any atom is -0.382 e. The lowest BCUT2D eigenvalue weighted by Gasteiger charge is -2.17. The van der Waals surface area contributed by atoms with E-state index in [1.807, 2.05) is 11.8 Å². The van der Waals surface area contributed by atoms with Gasteiger partial charge < -0.3 is 5.32 Å². The van der Waals surface area contributed by atoms with Gasteiger partial charge in [0.1, 0.15) is 0 Å². The number of anilines is 1. The highest BCUT2D eigenvalue weighted by atomic mass is 32.2. The fourth-order valence-electron chi connectivity index (χ4n) is 2.16. The maximum Gasteiger partial charge on any atom is 0.0480 e. The smallest absolute Gasteiger partial charge is 0.0480 e. The molecule has 0 saturated carbocycles. The lowest BCUT2D eigenvalue weighted by Crippen LogP contribution is -2.15. The van der Waals surface area contributed by atoms with E-state index >= 15 is 0 Å². The van der Waals surface area contributed by atoms with Crippen LogP contribution >= 0.6 is 11.8 Å². The quantitative estimate of drug-likeness (QED) is 0.463. The van der Waals surface area contributed by atoms with Crippen molar-refractivity contribution in [3.63, 3.8) is 0 Å². The number of hydrogen-bond donors (Lipinski definition) is 1. The number of hydrogen-bond acceptors (Lipinski definition) is 2. The molecule has 0 amide bonds. The average Bonchev–Trinajstić information content (AvgIpc) is 2.39. The number of unbranched alkanes of at least 4 members (excludes halogenated alkanes) is 4. The summed E-state index contributed by atoms with van der Waals surface area (Å²) in [5.74, 6) is 0. The number of para-hydroxylation sites is 1. The van der Waals surface area contributed by atoms with E-state index in [4.69, 9.17) is 0 Å². The van der Waals surface area contributed by atoms with Crippen molar-refractivity contribution in [3.8, 4) is 0 Å². The Morgan fingerprint density at radius 3 is 2.56 bits per heavy atom. The van der Waals surface area contributed by atoms with Crippen LogP contribution in [0.5, 0.6) is 0 Å². The van der Waals surface area contributed by atoms with Crippen LogP contribution in [0.3, 0.4) is 0 Å². The molecule has 1 aromatic carbocycles. The summed E-state index contributed by atoms with van der Waals surface area (Å²) >= 11 is 1.81. The van der Waals surface area contributed by atoms with Crippen LogP contribution in [-0.2, 0) is 0 Å². The first kappa shape index (κ1) is 15.4. The Labute approximate surface area is 117 Å². The van der Waals surface area contributed by atoms with Gasteiger partial charge in [0.15, 0.2) is 0 Å². The van der Waals surface area contributed by atoms with Crippen molar-refractivity contribution in [1.82, 2.24) is 0 Å². The van der Waals surface area contributed by atoms with Gasteiger partial charge in [0.2, 0.25) is 0 Å². The molecule has 0 radical (unpaired) electrons. The predicted molar refractivity (Wildman–Crippen MR) is 84.7 cm³/mol. The normalized spacial score (nSPS) is 12.4. The van der Waals surface area contributed by atoms with Gasteiger partial charge in [0.25, 0.3) is 0 Å². The van der Waals surface area contributed by atoms with Gasteiger partial charge in [-0.25, -0.2) is 0 Å². The Morgan fingerprint density at radius 1 is 1.11 bits per heavy atom. The summed E-state index contributed by atoms with van der Waals surface area (Å²) in [6, 6.07) is 9.14. The molecule has 1 nitrogen and oxygen atoms in total. The fraction of sp³-hybridized carbons (Fsp3) is 0.625. The van der Waals surface area contributed by atoms with Crippen LogP contribution in [0.1, 0.15) is 52.4 Å². The Balaban J connectivity index is 2.28. The second kappa shape index (κ2) is 9.32. The topological polar surface area (TPSA) is 12.0 Å². The van der Waals surface area contributed by atoms with E-state index in [9.17, 15) is 0 Å². The maximum absolute atomic E-state index is 3.63. The van der Waals surface area contributed by atoms with Crippen LogP contribution in [0.25, 0.3) is 0 Å². The molecule has 1 atom stereocenters. The molecule has 0 aliphatic carbocycles. The van der Waals surface area contributed by atoms with Crippen molar-refractivity contribution in [2.24, 2.45) is 0 Å². The molecule has 1 aromatic rings. The minimum absolute atomic E-state index is 0.569. The zero-order chi connectivity index (χ0) is 13.2. The first-order chi connectivity index (χ1) is 8.77. The minimum atomic E-state index is 0.569. The van der Waals surface area contributed by atoms with Gasteiger partial charge in [0.05, 0.1) is 0 Å². The van der Waals surface area contributed by atoms with Gasteiger partial charge in [0, 0.05) is 16.6 Å². The van der Waals surface area contributed by atoms with Crippen molar-refractivity contribution in [2.45, 2.75) is 63.3 Å². The molecule has 0 fully saturated rings. The van der Waals surface area contributed by atoms with Crippen molar-refractivity contribution in [1.29, 1.82) is 0 Å². The number of thioether (sulfide) groups is 1. The molecular weight excluding hydrogens is 238 g/mol.